The first-order valence-corrected chi connectivity index (χ1v) is 12.3. The van der Waals surface area contributed by atoms with Crippen molar-refractivity contribution in [1.82, 2.24) is 5.32 Å². The molecule has 0 aliphatic rings. The molecular formula is C29H28ClN3O4. The topological polar surface area (TPSA) is 100 Å². The first kappa shape index (κ1) is 27.3. The van der Waals surface area contributed by atoms with Crippen molar-refractivity contribution in [2.45, 2.75) is 19.8 Å². The zero-order valence-corrected chi connectivity index (χ0v) is 21.3. The van der Waals surface area contributed by atoms with Crippen molar-refractivity contribution in [3.05, 3.63) is 94.5 Å². The highest BCUT2D eigenvalue weighted by molar-refractivity contribution is 6.32. The zero-order chi connectivity index (χ0) is 26.5. The minimum absolute atomic E-state index is 0.0610. The third-order valence-corrected chi connectivity index (χ3v) is 5.46. The van der Waals surface area contributed by atoms with Gasteiger partial charge in [0.05, 0.1) is 11.6 Å². The fourth-order valence-electron chi connectivity index (χ4n) is 3.48. The molecule has 0 bridgehead atoms. The number of anilines is 1. The molecule has 7 nitrogen and oxygen atoms in total. The smallest absolute Gasteiger partial charge is 0.262 e. The number of halogens is 1. The van der Waals surface area contributed by atoms with Crippen LogP contribution in [0.4, 0.5) is 5.69 Å². The molecule has 0 unspecified atom stereocenters. The number of carbonyl (C=O) groups is 2. The van der Waals surface area contributed by atoms with Gasteiger partial charge in [-0.25, -0.2) is 0 Å². The lowest BCUT2D eigenvalue weighted by atomic mass is 10.1. The summed E-state index contributed by atoms with van der Waals surface area (Å²) < 4.78 is 11.3. The number of rotatable bonds is 12. The Labute approximate surface area is 221 Å². The van der Waals surface area contributed by atoms with Crippen molar-refractivity contribution >= 4 is 35.2 Å². The number of ether oxygens (including phenoxy) is 2. The minimum atomic E-state index is -0.470. The Hall–Kier alpha value is -4.28. The van der Waals surface area contributed by atoms with Gasteiger partial charge < -0.3 is 20.1 Å². The van der Waals surface area contributed by atoms with Crippen molar-refractivity contribution in [3.63, 3.8) is 0 Å². The van der Waals surface area contributed by atoms with Crippen LogP contribution in [0.25, 0.3) is 6.08 Å². The van der Waals surface area contributed by atoms with Crippen molar-refractivity contribution < 1.29 is 19.1 Å². The van der Waals surface area contributed by atoms with Crippen molar-refractivity contribution in [2.75, 3.05) is 25.1 Å². The first-order chi connectivity index (χ1) is 18.0. The van der Waals surface area contributed by atoms with Crippen LogP contribution in [0.1, 0.15) is 24.5 Å². The second-order valence-electron chi connectivity index (χ2n) is 7.98. The third kappa shape index (κ3) is 8.71. The highest BCUT2D eigenvalue weighted by Crippen LogP contribution is 2.37. The number of amides is 2. The van der Waals surface area contributed by atoms with Crippen LogP contribution < -0.4 is 20.1 Å². The summed E-state index contributed by atoms with van der Waals surface area (Å²) in [6, 6.07) is 24.1. The molecule has 37 heavy (non-hydrogen) atoms. The van der Waals surface area contributed by atoms with Crippen LogP contribution in [0.3, 0.4) is 0 Å². The second-order valence-corrected chi connectivity index (χ2v) is 8.39. The number of nitrogens with one attached hydrogen (secondary N) is 2. The quantitative estimate of drug-likeness (QED) is 0.190. The predicted molar refractivity (Wildman–Crippen MR) is 145 cm³/mol. The van der Waals surface area contributed by atoms with E-state index >= 15 is 0 Å². The van der Waals surface area contributed by atoms with E-state index in [2.05, 4.69) is 10.6 Å². The maximum Gasteiger partial charge on any atom is 0.262 e. The molecule has 3 aromatic carbocycles. The lowest BCUT2D eigenvalue weighted by Crippen LogP contribution is -2.25. The fraction of sp³-hybridized carbons (Fsp3) is 0.207. The van der Waals surface area contributed by atoms with E-state index < -0.39 is 5.91 Å². The van der Waals surface area contributed by atoms with Gasteiger partial charge in [-0.2, -0.15) is 5.26 Å². The predicted octanol–water partition coefficient (Wildman–Crippen LogP) is 5.41. The van der Waals surface area contributed by atoms with Gasteiger partial charge in [0.25, 0.3) is 11.8 Å². The Kier molecular flexibility index (Phi) is 10.6. The van der Waals surface area contributed by atoms with Gasteiger partial charge in [-0.3, -0.25) is 9.59 Å². The highest BCUT2D eigenvalue weighted by atomic mass is 35.5. The van der Waals surface area contributed by atoms with Gasteiger partial charge in [0.1, 0.15) is 11.6 Å². The molecule has 0 saturated carbocycles. The summed E-state index contributed by atoms with van der Waals surface area (Å²) in [5.41, 5.74) is 2.26. The molecule has 2 amide bonds. The molecule has 0 heterocycles. The summed E-state index contributed by atoms with van der Waals surface area (Å²) >= 11 is 6.43. The summed E-state index contributed by atoms with van der Waals surface area (Å²) in [6.07, 6.45) is 3.01. The van der Waals surface area contributed by atoms with Gasteiger partial charge in [-0.15, -0.1) is 0 Å². The molecular weight excluding hydrogens is 490 g/mol. The molecule has 0 spiro atoms. The Balaban J connectivity index is 1.64. The van der Waals surface area contributed by atoms with Crippen LogP contribution in [0.2, 0.25) is 5.02 Å². The average Bonchev–Trinajstić information content (AvgIpc) is 2.90. The number of hydrogen-bond acceptors (Lipinski definition) is 5. The van der Waals surface area contributed by atoms with Crippen LogP contribution in [0, 0.1) is 11.3 Å². The number of aryl methyl sites for hydroxylation is 1. The zero-order valence-electron chi connectivity index (χ0n) is 20.5. The number of nitriles is 1. The van der Waals surface area contributed by atoms with E-state index in [4.69, 9.17) is 21.1 Å². The number of para-hydroxylation sites is 1. The van der Waals surface area contributed by atoms with Crippen LogP contribution in [0.15, 0.2) is 78.4 Å². The lowest BCUT2D eigenvalue weighted by molar-refractivity contribution is -0.118. The largest absolute Gasteiger partial charge is 0.490 e. The molecule has 0 atom stereocenters. The Morgan fingerprint density at radius 3 is 2.41 bits per heavy atom. The number of carbonyl (C=O) groups excluding carboxylic acids is 2. The second kappa shape index (κ2) is 14.3. The molecule has 190 valence electrons. The molecule has 3 aromatic rings. The minimum Gasteiger partial charge on any atom is -0.490 e. The van der Waals surface area contributed by atoms with Crippen molar-refractivity contribution in [3.8, 4) is 17.6 Å². The number of benzene rings is 3. The Bertz CT molecular complexity index is 1270. The van der Waals surface area contributed by atoms with Gasteiger partial charge in [0, 0.05) is 12.2 Å². The SMILES string of the molecule is CCOc1cc(/C=C(/C#N)C(=O)NCCCc2ccccc2)cc(Cl)c1OCC(=O)Nc1ccccc1. The van der Waals surface area contributed by atoms with Gasteiger partial charge in [0.15, 0.2) is 18.1 Å². The molecule has 0 fully saturated rings. The molecule has 0 aliphatic heterocycles. The summed E-state index contributed by atoms with van der Waals surface area (Å²) in [4.78, 5) is 24.8. The standard InChI is InChI=1S/C29H28ClN3O4/c1-2-36-26-18-22(16-23(19-31)29(35)32-15-9-12-21-10-5-3-6-11-21)17-25(30)28(26)37-20-27(34)33-24-13-7-4-8-14-24/h3-8,10-11,13-14,16-18H,2,9,12,15,20H2,1H3,(H,32,35)(H,33,34)/b23-16-. The summed E-state index contributed by atoms with van der Waals surface area (Å²) in [6.45, 7) is 2.28. The van der Waals surface area contributed by atoms with E-state index in [1.165, 1.54) is 11.6 Å². The maximum atomic E-state index is 12.5. The van der Waals surface area contributed by atoms with E-state index in [-0.39, 0.29) is 28.9 Å². The van der Waals surface area contributed by atoms with E-state index in [1.807, 2.05) is 54.6 Å². The molecule has 8 heteroatoms. The third-order valence-electron chi connectivity index (χ3n) is 5.18. The first-order valence-electron chi connectivity index (χ1n) is 11.9. The number of nitrogens with zero attached hydrogens (tertiary/aromatic N) is 1. The molecule has 2 N–H and O–H groups in total. The molecule has 0 saturated heterocycles. The van der Waals surface area contributed by atoms with Crippen LogP contribution >= 0.6 is 11.6 Å². The summed E-state index contributed by atoms with van der Waals surface area (Å²) in [7, 11) is 0. The highest BCUT2D eigenvalue weighted by Gasteiger charge is 2.16. The van der Waals surface area contributed by atoms with Gasteiger partial charge in [-0.05, 0) is 61.2 Å². The number of hydrogen-bond donors (Lipinski definition) is 2. The molecule has 0 radical (unpaired) electrons. The van der Waals surface area contributed by atoms with E-state index in [0.29, 0.717) is 30.2 Å². The Morgan fingerprint density at radius 1 is 1.03 bits per heavy atom. The summed E-state index contributed by atoms with van der Waals surface area (Å²) in [5.74, 6) is -0.325. The monoisotopic (exact) mass is 517 g/mol. The lowest BCUT2D eigenvalue weighted by Gasteiger charge is -2.14. The molecule has 0 aliphatic carbocycles. The van der Waals surface area contributed by atoms with Gasteiger partial charge >= 0.3 is 0 Å². The normalized spacial score (nSPS) is 10.8. The maximum absolute atomic E-state index is 12.5. The van der Waals surface area contributed by atoms with Gasteiger partial charge in [0.2, 0.25) is 0 Å². The molecule has 3 rings (SSSR count). The fourth-order valence-corrected chi connectivity index (χ4v) is 3.75. The van der Waals surface area contributed by atoms with Crippen LogP contribution in [0.5, 0.6) is 11.5 Å². The Morgan fingerprint density at radius 2 is 1.73 bits per heavy atom. The van der Waals surface area contributed by atoms with Gasteiger partial charge in [-0.1, -0.05) is 60.1 Å². The molecule has 0 aromatic heterocycles. The van der Waals surface area contributed by atoms with E-state index in [9.17, 15) is 14.9 Å². The van der Waals surface area contributed by atoms with Crippen molar-refractivity contribution in [1.29, 1.82) is 5.26 Å². The van der Waals surface area contributed by atoms with E-state index in [1.54, 1.807) is 31.2 Å². The average molecular weight is 518 g/mol. The van der Waals surface area contributed by atoms with Crippen LogP contribution in [-0.2, 0) is 16.0 Å². The summed E-state index contributed by atoms with van der Waals surface area (Å²) in [5, 5.41) is 15.2. The van der Waals surface area contributed by atoms with Crippen molar-refractivity contribution in [2.24, 2.45) is 0 Å². The van der Waals surface area contributed by atoms with E-state index in [0.717, 1.165) is 12.8 Å². The van der Waals surface area contributed by atoms with Crippen LogP contribution in [-0.4, -0.2) is 31.6 Å².